The van der Waals surface area contributed by atoms with Crippen molar-refractivity contribution >= 4 is 17.3 Å². The highest BCUT2D eigenvalue weighted by atomic mass is 19.1. The van der Waals surface area contributed by atoms with Crippen molar-refractivity contribution in [3.63, 3.8) is 0 Å². The maximum absolute atomic E-state index is 13.7. The Morgan fingerprint density at radius 1 is 1.24 bits per heavy atom. The van der Waals surface area contributed by atoms with Crippen LogP contribution in [0.4, 0.5) is 15.8 Å². The zero-order chi connectivity index (χ0) is 17.8. The van der Waals surface area contributed by atoms with Gasteiger partial charge in [0.2, 0.25) is 5.91 Å². The molecule has 0 saturated carbocycles. The van der Waals surface area contributed by atoms with E-state index in [-0.39, 0.29) is 18.1 Å². The largest absolute Gasteiger partial charge is 0.388 e. The van der Waals surface area contributed by atoms with Crippen molar-refractivity contribution in [3.05, 3.63) is 66.2 Å². The maximum atomic E-state index is 13.7. The molecule has 25 heavy (non-hydrogen) atoms. The Bertz CT molecular complexity index is 904. The molecule has 0 spiro atoms. The summed E-state index contributed by atoms with van der Waals surface area (Å²) in [6.07, 6.45) is 3.70. The normalized spacial score (nSPS) is 10.5. The fourth-order valence-electron chi connectivity index (χ4n) is 2.66. The predicted octanol–water partition coefficient (Wildman–Crippen LogP) is 3.45. The van der Waals surface area contributed by atoms with Gasteiger partial charge >= 0.3 is 0 Å². The van der Waals surface area contributed by atoms with E-state index in [2.05, 4.69) is 15.7 Å². The van der Waals surface area contributed by atoms with Crippen molar-refractivity contribution in [2.24, 2.45) is 7.05 Å². The van der Waals surface area contributed by atoms with Crippen LogP contribution in [0.3, 0.4) is 0 Å². The van der Waals surface area contributed by atoms with Crippen molar-refractivity contribution in [1.82, 2.24) is 9.78 Å². The van der Waals surface area contributed by atoms with Crippen molar-refractivity contribution in [3.8, 4) is 11.1 Å². The van der Waals surface area contributed by atoms with Crippen LogP contribution in [0.5, 0.6) is 0 Å². The lowest BCUT2D eigenvalue weighted by molar-refractivity contribution is -0.115. The Hall–Kier alpha value is -3.15. The number of nitrogens with zero attached hydrogens (tertiary/aromatic N) is 2. The molecular weight excluding hydrogens is 319 g/mol. The molecule has 0 aliphatic rings. The van der Waals surface area contributed by atoms with Gasteiger partial charge < -0.3 is 10.6 Å². The summed E-state index contributed by atoms with van der Waals surface area (Å²) in [5.74, 6) is -0.637. The molecule has 1 heterocycles. The Morgan fingerprint density at radius 3 is 2.72 bits per heavy atom. The molecule has 0 aliphatic heterocycles. The number of anilines is 2. The molecular formula is C19H19FN4O. The molecule has 0 aliphatic carbocycles. The van der Waals surface area contributed by atoms with Gasteiger partial charge in [-0.3, -0.25) is 9.48 Å². The molecule has 5 nitrogen and oxygen atoms in total. The number of carbonyl (C=O) groups is 1. The van der Waals surface area contributed by atoms with Crippen LogP contribution in [0.15, 0.2) is 54.9 Å². The first-order valence-electron chi connectivity index (χ1n) is 7.91. The van der Waals surface area contributed by atoms with Crippen LogP contribution < -0.4 is 10.6 Å². The summed E-state index contributed by atoms with van der Waals surface area (Å²) in [7, 11) is 3.68. The molecule has 1 amide bonds. The molecule has 6 heteroatoms. The van der Waals surface area contributed by atoms with Crippen molar-refractivity contribution in [1.29, 1.82) is 0 Å². The third-order valence-corrected chi connectivity index (χ3v) is 3.90. The van der Waals surface area contributed by atoms with E-state index in [9.17, 15) is 9.18 Å². The Balaban J connectivity index is 1.77. The molecule has 128 valence electrons. The van der Waals surface area contributed by atoms with Crippen molar-refractivity contribution in [2.75, 3.05) is 17.7 Å². The van der Waals surface area contributed by atoms with Gasteiger partial charge in [-0.1, -0.05) is 24.3 Å². The number of hydrogen-bond donors (Lipinski definition) is 2. The van der Waals surface area contributed by atoms with E-state index >= 15 is 0 Å². The molecule has 0 saturated heterocycles. The molecule has 0 fully saturated rings. The number of rotatable bonds is 5. The molecule has 0 atom stereocenters. The van der Waals surface area contributed by atoms with Crippen LogP contribution in [0.1, 0.15) is 5.56 Å². The average molecular weight is 338 g/mol. The van der Waals surface area contributed by atoms with E-state index in [4.69, 9.17) is 0 Å². The summed E-state index contributed by atoms with van der Waals surface area (Å²) in [6.45, 7) is 0. The minimum atomic E-state index is -0.375. The standard InChI is InChI=1S/C19H19FN4O/c1-21-18-10-15(7-8-16(18)14-11-22-24(2)12-14)23-19(25)9-13-5-3-4-6-17(13)20/h3-8,10-12,21H,9H2,1-2H3,(H,23,25). The Kier molecular flexibility index (Phi) is 4.79. The number of aromatic nitrogens is 2. The molecule has 1 aromatic heterocycles. The van der Waals surface area contributed by atoms with Crippen LogP contribution in [-0.2, 0) is 18.3 Å². The van der Waals surface area contributed by atoms with Crippen LogP contribution in [0.2, 0.25) is 0 Å². The van der Waals surface area contributed by atoms with Gasteiger partial charge in [0.15, 0.2) is 0 Å². The minimum Gasteiger partial charge on any atom is -0.388 e. The second kappa shape index (κ2) is 7.17. The van der Waals surface area contributed by atoms with Crippen LogP contribution >= 0.6 is 0 Å². The summed E-state index contributed by atoms with van der Waals surface area (Å²) < 4.78 is 15.4. The fourth-order valence-corrected chi connectivity index (χ4v) is 2.66. The van der Waals surface area contributed by atoms with E-state index in [0.717, 1.165) is 16.8 Å². The number of benzene rings is 2. The van der Waals surface area contributed by atoms with Crippen LogP contribution in [0, 0.1) is 5.82 Å². The lowest BCUT2D eigenvalue weighted by Gasteiger charge is -2.11. The van der Waals surface area contributed by atoms with E-state index in [1.54, 1.807) is 29.1 Å². The summed E-state index contributed by atoms with van der Waals surface area (Å²) >= 11 is 0. The summed E-state index contributed by atoms with van der Waals surface area (Å²) in [4.78, 5) is 12.2. The average Bonchev–Trinajstić information content (AvgIpc) is 3.03. The second-order valence-corrected chi connectivity index (χ2v) is 5.73. The molecule has 0 bridgehead atoms. The van der Waals surface area contributed by atoms with E-state index in [1.165, 1.54) is 6.07 Å². The molecule has 3 rings (SSSR count). The lowest BCUT2D eigenvalue weighted by atomic mass is 10.1. The zero-order valence-corrected chi connectivity index (χ0v) is 14.1. The van der Waals surface area contributed by atoms with Crippen LogP contribution in [-0.4, -0.2) is 22.7 Å². The van der Waals surface area contributed by atoms with Crippen molar-refractivity contribution in [2.45, 2.75) is 6.42 Å². The number of carbonyl (C=O) groups excluding carboxylic acids is 1. The first-order valence-corrected chi connectivity index (χ1v) is 7.91. The number of amides is 1. The van der Waals surface area contributed by atoms with Gasteiger partial charge in [-0.15, -0.1) is 0 Å². The topological polar surface area (TPSA) is 58.9 Å². The number of nitrogens with one attached hydrogen (secondary N) is 2. The first-order chi connectivity index (χ1) is 12.1. The van der Waals surface area contributed by atoms with Crippen LogP contribution in [0.25, 0.3) is 11.1 Å². The smallest absolute Gasteiger partial charge is 0.228 e. The highest BCUT2D eigenvalue weighted by Gasteiger charge is 2.11. The highest BCUT2D eigenvalue weighted by Crippen LogP contribution is 2.30. The summed E-state index contributed by atoms with van der Waals surface area (Å²) in [5.41, 5.74) is 3.87. The quantitative estimate of drug-likeness (QED) is 0.749. The first kappa shape index (κ1) is 16.7. The summed E-state index contributed by atoms with van der Waals surface area (Å²) in [5, 5.41) is 10.1. The number of halogens is 1. The van der Waals surface area contributed by atoms with Gasteiger partial charge in [-0.2, -0.15) is 5.10 Å². The molecule has 0 unspecified atom stereocenters. The van der Waals surface area contributed by atoms with Gasteiger partial charge in [-0.25, -0.2) is 4.39 Å². The van der Waals surface area contributed by atoms with Gasteiger partial charge in [-0.05, 0) is 23.8 Å². The maximum Gasteiger partial charge on any atom is 0.228 e. The Morgan fingerprint density at radius 2 is 2.04 bits per heavy atom. The number of aryl methyl sites for hydroxylation is 1. The number of hydrogen-bond acceptors (Lipinski definition) is 3. The lowest BCUT2D eigenvalue weighted by Crippen LogP contribution is -2.15. The second-order valence-electron chi connectivity index (χ2n) is 5.73. The van der Waals surface area contributed by atoms with Gasteiger partial charge in [0.1, 0.15) is 5.82 Å². The molecule has 2 aromatic carbocycles. The molecule has 2 N–H and O–H groups in total. The molecule has 0 radical (unpaired) electrons. The highest BCUT2D eigenvalue weighted by molar-refractivity contribution is 5.94. The van der Waals surface area contributed by atoms with E-state index in [1.807, 2.05) is 38.5 Å². The SMILES string of the molecule is CNc1cc(NC(=O)Cc2ccccc2F)ccc1-c1cnn(C)c1. The van der Waals surface area contributed by atoms with Gasteiger partial charge in [0.25, 0.3) is 0 Å². The monoisotopic (exact) mass is 338 g/mol. The zero-order valence-electron chi connectivity index (χ0n) is 14.1. The van der Waals surface area contributed by atoms with Gasteiger partial charge in [0.05, 0.1) is 12.6 Å². The third kappa shape index (κ3) is 3.85. The summed E-state index contributed by atoms with van der Waals surface area (Å²) in [6, 6.07) is 11.9. The predicted molar refractivity (Wildman–Crippen MR) is 96.9 cm³/mol. The molecule has 3 aromatic rings. The Labute approximate surface area is 145 Å². The minimum absolute atomic E-state index is 0.00802. The van der Waals surface area contributed by atoms with Crippen molar-refractivity contribution < 1.29 is 9.18 Å². The van der Waals surface area contributed by atoms with E-state index in [0.29, 0.717) is 11.3 Å². The van der Waals surface area contributed by atoms with Gasteiger partial charge in [0, 0.05) is 42.8 Å². The van der Waals surface area contributed by atoms with E-state index < -0.39 is 0 Å². The third-order valence-electron chi connectivity index (χ3n) is 3.90. The fraction of sp³-hybridized carbons (Fsp3) is 0.158.